The summed E-state index contributed by atoms with van der Waals surface area (Å²) >= 11 is 0. The van der Waals surface area contributed by atoms with Crippen LogP contribution in [0.25, 0.3) is 0 Å². The van der Waals surface area contributed by atoms with Gasteiger partial charge in [-0.25, -0.2) is 0 Å². The minimum atomic E-state index is 0.0189. The normalized spacial score (nSPS) is 11.3. The molecular weight excluding hydrogens is 192 g/mol. The molecule has 0 atom stereocenters. The van der Waals surface area contributed by atoms with Crippen LogP contribution in [-0.2, 0) is 17.6 Å². The maximum absolute atomic E-state index is 11.4. The van der Waals surface area contributed by atoms with Crippen LogP contribution >= 0.6 is 0 Å². The van der Waals surface area contributed by atoms with E-state index >= 15 is 0 Å². The first-order valence-electron chi connectivity index (χ1n) is 5.33. The average Bonchev–Trinajstić information content (AvgIpc) is 2.51. The number of carbonyl (C=O) groups is 1. The Labute approximate surface area is 90.1 Å². The summed E-state index contributed by atoms with van der Waals surface area (Å²) in [4.78, 5) is 15.6. The van der Waals surface area contributed by atoms with Crippen molar-refractivity contribution in [2.75, 3.05) is 0 Å². The van der Waals surface area contributed by atoms with Crippen molar-refractivity contribution in [1.82, 2.24) is 10.1 Å². The van der Waals surface area contributed by atoms with Crippen molar-refractivity contribution in [3.05, 3.63) is 11.7 Å². The maximum atomic E-state index is 11.4. The lowest BCUT2D eigenvalue weighted by atomic mass is 10.1. The van der Waals surface area contributed by atoms with Gasteiger partial charge in [0.15, 0.2) is 5.82 Å². The molecule has 0 unspecified atom stereocenters. The van der Waals surface area contributed by atoms with Gasteiger partial charge in [-0.05, 0) is 5.92 Å². The highest BCUT2D eigenvalue weighted by Crippen LogP contribution is 2.07. The smallest absolute Gasteiger partial charge is 0.234 e. The molecule has 0 saturated heterocycles. The minimum absolute atomic E-state index is 0.0189. The second-order valence-electron chi connectivity index (χ2n) is 4.50. The van der Waals surface area contributed by atoms with Gasteiger partial charge in [0.25, 0.3) is 0 Å². The third-order valence-corrected chi connectivity index (χ3v) is 2.07. The molecule has 0 aromatic carbocycles. The summed E-state index contributed by atoms with van der Waals surface area (Å²) in [5.74, 6) is 1.78. The lowest BCUT2D eigenvalue weighted by molar-refractivity contribution is -0.121. The van der Waals surface area contributed by atoms with Crippen molar-refractivity contribution in [3.8, 4) is 0 Å². The summed E-state index contributed by atoms with van der Waals surface area (Å²) in [5, 5.41) is 3.83. The summed E-state index contributed by atoms with van der Waals surface area (Å²) in [7, 11) is 0. The Morgan fingerprint density at radius 1 is 1.33 bits per heavy atom. The van der Waals surface area contributed by atoms with Crippen LogP contribution in [0.5, 0.6) is 0 Å². The third-order valence-electron chi connectivity index (χ3n) is 2.07. The number of nitrogens with zero attached hydrogens (tertiary/aromatic N) is 2. The summed E-state index contributed by atoms with van der Waals surface area (Å²) in [6, 6.07) is 0. The quantitative estimate of drug-likeness (QED) is 0.746. The molecule has 15 heavy (non-hydrogen) atoms. The molecule has 0 amide bonds. The SMILES string of the molecule is CC(C)Cc1noc(CC(=O)C(C)C)n1. The largest absolute Gasteiger partial charge is 0.339 e. The zero-order chi connectivity index (χ0) is 11.4. The monoisotopic (exact) mass is 210 g/mol. The molecule has 84 valence electrons. The Morgan fingerprint density at radius 2 is 2.00 bits per heavy atom. The first-order valence-corrected chi connectivity index (χ1v) is 5.33. The molecule has 0 fully saturated rings. The van der Waals surface area contributed by atoms with Crippen molar-refractivity contribution in [2.24, 2.45) is 11.8 Å². The van der Waals surface area contributed by atoms with Gasteiger partial charge < -0.3 is 4.52 Å². The number of ketones is 1. The Bertz CT molecular complexity index is 329. The molecule has 1 aromatic heterocycles. The van der Waals surface area contributed by atoms with Crippen molar-refractivity contribution in [1.29, 1.82) is 0 Å². The van der Waals surface area contributed by atoms with E-state index in [9.17, 15) is 4.79 Å². The number of carbonyl (C=O) groups excluding carboxylic acids is 1. The highest BCUT2D eigenvalue weighted by molar-refractivity contribution is 5.81. The molecule has 0 aliphatic heterocycles. The van der Waals surface area contributed by atoms with E-state index in [-0.39, 0.29) is 18.1 Å². The molecule has 0 spiro atoms. The fourth-order valence-electron chi connectivity index (χ4n) is 1.16. The second-order valence-corrected chi connectivity index (χ2v) is 4.50. The number of hydrogen-bond acceptors (Lipinski definition) is 4. The number of rotatable bonds is 5. The molecule has 0 aliphatic carbocycles. The zero-order valence-corrected chi connectivity index (χ0v) is 9.78. The molecule has 0 radical (unpaired) electrons. The molecule has 1 heterocycles. The Hall–Kier alpha value is -1.19. The zero-order valence-electron chi connectivity index (χ0n) is 9.78. The highest BCUT2D eigenvalue weighted by Gasteiger charge is 2.14. The molecule has 4 heteroatoms. The van der Waals surface area contributed by atoms with E-state index in [2.05, 4.69) is 24.0 Å². The molecular formula is C11H18N2O2. The van der Waals surface area contributed by atoms with Gasteiger partial charge >= 0.3 is 0 Å². The van der Waals surface area contributed by atoms with E-state index < -0.39 is 0 Å². The maximum Gasteiger partial charge on any atom is 0.234 e. The Kier molecular flexibility index (Phi) is 4.00. The highest BCUT2D eigenvalue weighted by atomic mass is 16.5. The van der Waals surface area contributed by atoms with Crippen molar-refractivity contribution >= 4 is 5.78 Å². The van der Waals surface area contributed by atoms with Crippen LogP contribution in [0.4, 0.5) is 0 Å². The Morgan fingerprint density at radius 3 is 2.53 bits per heavy atom. The van der Waals surface area contributed by atoms with Gasteiger partial charge in [-0.3, -0.25) is 4.79 Å². The van der Waals surface area contributed by atoms with Crippen LogP contribution in [-0.4, -0.2) is 15.9 Å². The predicted octanol–water partition coefficient (Wildman–Crippen LogP) is 2.04. The van der Waals surface area contributed by atoms with Crippen LogP contribution in [0.1, 0.15) is 39.4 Å². The fourth-order valence-corrected chi connectivity index (χ4v) is 1.16. The van der Waals surface area contributed by atoms with Crippen LogP contribution in [0.2, 0.25) is 0 Å². The molecule has 0 bridgehead atoms. The van der Waals surface area contributed by atoms with Gasteiger partial charge in [-0.15, -0.1) is 0 Å². The van der Waals surface area contributed by atoms with E-state index in [0.29, 0.717) is 17.6 Å². The van der Waals surface area contributed by atoms with Crippen molar-refractivity contribution in [3.63, 3.8) is 0 Å². The lowest BCUT2D eigenvalue weighted by Gasteiger charge is -1.98. The third kappa shape index (κ3) is 3.81. The van der Waals surface area contributed by atoms with Gasteiger partial charge in [-0.2, -0.15) is 4.98 Å². The van der Waals surface area contributed by atoms with E-state index in [1.165, 1.54) is 0 Å². The Balaban J connectivity index is 2.56. The minimum Gasteiger partial charge on any atom is -0.339 e. The number of hydrogen-bond donors (Lipinski definition) is 0. The summed E-state index contributed by atoms with van der Waals surface area (Å²) in [6.07, 6.45) is 1.04. The van der Waals surface area contributed by atoms with Gasteiger partial charge in [0.1, 0.15) is 5.78 Å². The first kappa shape index (κ1) is 11.9. The summed E-state index contributed by atoms with van der Waals surface area (Å²) in [5.41, 5.74) is 0. The van der Waals surface area contributed by atoms with Gasteiger partial charge in [0.05, 0.1) is 6.42 Å². The fraction of sp³-hybridized carbons (Fsp3) is 0.727. The topological polar surface area (TPSA) is 56.0 Å². The molecule has 4 nitrogen and oxygen atoms in total. The van der Waals surface area contributed by atoms with Gasteiger partial charge in [-0.1, -0.05) is 32.9 Å². The van der Waals surface area contributed by atoms with Crippen molar-refractivity contribution < 1.29 is 9.32 Å². The van der Waals surface area contributed by atoms with Crippen molar-refractivity contribution in [2.45, 2.75) is 40.5 Å². The summed E-state index contributed by atoms with van der Waals surface area (Å²) < 4.78 is 5.00. The molecule has 0 aliphatic rings. The number of aromatic nitrogens is 2. The van der Waals surface area contributed by atoms with E-state index in [0.717, 1.165) is 6.42 Å². The molecule has 1 rings (SSSR count). The average molecular weight is 210 g/mol. The molecule has 0 saturated carbocycles. The molecule has 0 N–H and O–H groups in total. The first-order chi connectivity index (χ1) is 6.99. The van der Waals surface area contributed by atoms with Crippen LogP contribution < -0.4 is 0 Å². The standard InChI is InChI=1S/C11H18N2O2/c1-7(2)5-10-12-11(15-13-10)6-9(14)8(3)4/h7-8H,5-6H2,1-4H3. The van der Waals surface area contributed by atoms with Crippen LogP contribution in [0, 0.1) is 11.8 Å². The molecule has 1 aromatic rings. The van der Waals surface area contributed by atoms with E-state index in [1.54, 1.807) is 0 Å². The lowest BCUT2D eigenvalue weighted by Crippen LogP contribution is -2.10. The van der Waals surface area contributed by atoms with Crippen LogP contribution in [0.15, 0.2) is 4.52 Å². The van der Waals surface area contributed by atoms with E-state index in [4.69, 9.17) is 4.52 Å². The predicted molar refractivity (Wildman–Crippen MR) is 56.4 cm³/mol. The van der Waals surface area contributed by atoms with E-state index in [1.807, 2.05) is 13.8 Å². The number of Topliss-reactive ketones (excluding diaryl/α,β-unsaturated/α-hetero) is 1. The summed E-state index contributed by atoms with van der Waals surface area (Å²) in [6.45, 7) is 7.92. The van der Waals surface area contributed by atoms with Gasteiger partial charge in [0, 0.05) is 12.3 Å². The second kappa shape index (κ2) is 5.05. The van der Waals surface area contributed by atoms with Crippen LogP contribution in [0.3, 0.4) is 0 Å². The van der Waals surface area contributed by atoms with Gasteiger partial charge in [0.2, 0.25) is 5.89 Å².